The second kappa shape index (κ2) is 7.93. The van der Waals surface area contributed by atoms with Gasteiger partial charge in [-0.15, -0.1) is 0 Å². The van der Waals surface area contributed by atoms with Crippen molar-refractivity contribution in [2.45, 2.75) is 46.6 Å². The fourth-order valence-electron chi connectivity index (χ4n) is 4.04. The zero-order chi connectivity index (χ0) is 21.3. The highest BCUT2D eigenvalue weighted by Crippen LogP contribution is 2.31. The van der Waals surface area contributed by atoms with Gasteiger partial charge in [0.25, 0.3) is 5.91 Å². The van der Waals surface area contributed by atoms with Crippen molar-refractivity contribution in [1.82, 2.24) is 25.3 Å². The molecule has 158 valence electrons. The number of likely N-dealkylation sites (tertiary alicyclic amines) is 1. The van der Waals surface area contributed by atoms with Crippen LogP contribution in [0.15, 0.2) is 28.8 Å². The summed E-state index contributed by atoms with van der Waals surface area (Å²) in [5, 5.41) is 6.90. The molecule has 8 heteroatoms. The summed E-state index contributed by atoms with van der Waals surface area (Å²) in [4.78, 5) is 35.4. The fraction of sp³-hybridized carbons (Fsp3) is 0.455. The van der Waals surface area contributed by atoms with Crippen LogP contribution in [0.25, 0.3) is 11.0 Å². The second-order valence-corrected chi connectivity index (χ2v) is 8.27. The van der Waals surface area contributed by atoms with Crippen molar-refractivity contribution >= 4 is 22.8 Å². The Labute approximate surface area is 175 Å². The molecule has 0 spiro atoms. The molecule has 1 aliphatic heterocycles. The summed E-state index contributed by atoms with van der Waals surface area (Å²) in [5.41, 5.74) is 2.50. The second-order valence-electron chi connectivity index (χ2n) is 8.27. The number of aromatic amines is 1. The summed E-state index contributed by atoms with van der Waals surface area (Å²) in [6.45, 7) is 7.13. The van der Waals surface area contributed by atoms with Crippen LogP contribution in [0, 0.1) is 12.3 Å². The topological polar surface area (TPSA) is 104 Å². The number of nitrogens with zero attached hydrogens (tertiary/aromatic N) is 3. The Kier molecular flexibility index (Phi) is 5.32. The molecule has 3 aromatic rings. The van der Waals surface area contributed by atoms with E-state index in [1.807, 2.05) is 39.0 Å². The SMILES string of the molecule is CCc1cc(CNC(=O)C2(C)CCCN(C(=O)c3ccc4nc(C)[nH]c4c3)C2)on1. The first kappa shape index (κ1) is 20.1. The molecule has 1 aromatic carbocycles. The third-order valence-electron chi connectivity index (χ3n) is 5.77. The Balaban J connectivity index is 1.43. The van der Waals surface area contributed by atoms with Gasteiger partial charge in [-0.2, -0.15) is 0 Å². The highest BCUT2D eigenvalue weighted by molar-refractivity contribution is 5.98. The Morgan fingerprint density at radius 3 is 2.93 bits per heavy atom. The third kappa shape index (κ3) is 3.94. The summed E-state index contributed by atoms with van der Waals surface area (Å²) in [7, 11) is 0. The van der Waals surface area contributed by atoms with Gasteiger partial charge in [0.15, 0.2) is 5.76 Å². The lowest BCUT2D eigenvalue weighted by Gasteiger charge is -2.39. The summed E-state index contributed by atoms with van der Waals surface area (Å²) >= 11 is 0. The summed E-state index contributed by atoms with van der Waals surface area (Å²) in [6, 6.07) is 7.33. The predicted molar refractivity (Wildman–Crippen MR) is 112 cm³/mol. The van der Waals surface area contributed by atoms with Crippen LogP contribution in [0.3, 0.4) is 0 Å². The van der Waals surface area contributed by atoms with Crippen LogP contribution in [0.2, 0.25) is 0 Å². The van der Waals surface area contributed by atoms with Gasteiger partial charge in [-0.25, -0.2) is 4.98 Å². The summed E-state index contributed by atoms with van der Waals surface area (Å²) in [5.74, 6) is 1.31. The molecule has 1 saturated heterocycles. The number of carbonyl (C=O) groups excluding carboxylic acids is 2. The quantitative estimate of drug-likeness (QED) is 0.674. The number of hydrogen-bond donors (Lipinski definition) is 2. The fourth-order valence-corrected chi connectivity index (χ4v) is 4.04. The Morgan fingerprint density at radius 1 is 1.33 bits per heavy atom. The molecule has 2 aromatic heterocycles. The van der Waals surface area contributed by atoms with Crippen molar-refractivity contribution in [1.29, 1.82) is 0 Å². The molecule has 3 heterocycles. The summed E-state index contributed by atoms with van der Waals surface area (Å²) < 4.78 is 5.24. The number of hydrogen-bond acceptors (Lipinski definition) is 5. The monoisotopic (exact) mass is 409 g/mol. The number of aromatic nitrogens is 3. The van der Waals surface area contributed by atoms with Gasteiger partial charge in [0.05, 0.1) is 28.7 Å². The lowest BCUT2D eigenvalue weighted by Crippen LogP contribution is -2.51. The molecule has 0 radical (unpaired) electrons. The molecular formula is C22H27N5O3. The minimum absolute atomic E-state index is 0.0642. The molecule has 0 bridgehead atoms. The number of fused-ring (bicyclic) bond motifs is 1. The van der Waals surface area contributed by atoms with Crippen LogP contribution in [0.1, 0.15) is 54.3 Å². The molecule has 1 fully saturated rings. The van der Waals surface area contributed by atoms with E-state index >= 15 is 0 Å². The van der Waals surface area contributed by atoms with Crippen LogP contribution >= 0.6 is 0 Å². The number of rotatable bonds is 5. The van der Waals surface area contributed by atoms with Gasteiger partial charge in [0.1, 0.15) is 5.82 Å². The number of aryl methyl sites for hydroxylation is 2. The molecule has 1 unspecified atom stereocenters. The van der Waals surface area contributed by atoms with Crippen LogP contribution in [0.5, 0.6) is 0 Å². The van der Waals surface area contributed by atoms with E-state index in [2.05, 4.69) is 20.4 Å². The molecular weight excluding hydrogens is 382 g/mol. The summed E-state index contributed by atoms with van der Waals surface area (Å²) in [6.07, 6.45) is 2.30. The third-order valence-corrected chi connectivity index (χ3v) is 5.77. The average Bonchev–Trinajstić information content (AvgIpc) is 3.35. The van der Waals surface area contributed by atoms with Crippen molar-refractivity contribution in [2.24, 2.45) is 5.41 Å². The van der Waals surface area contributed by atoms with E-state index in [1.165, 1.54) is 0 Å². The van der Waals surface area contributed by atoms with Crippen molar-refractivity contribution < 1.29 is 14.1 Å². The number of H-pyrrole nitrogens is 1. The van der Waals surface area contributed by atoms with E-state index in [-0.39, 0.29) is 11.8 Å². The standard InChI is InChI=1S/C22H27N5O3/c1-4-16-11-17(30-26-16)12-23-21(29)22(3)8-5-9-27(13-22)20(28)15-6-7-18-19(10-15)25-14(2)24-18/h6-7,10-11H,4-5,8-9,12-13H2,1-3H3,(H,23,29)(H,24,25). The highest BCUT2D eigenvalue weighted by Gasteiger charge is 2.39. The van der Waals surface area contributed by atoms with E-state index in [4.69, 9.17) is 4.52 Å². The molecule has 2 N–H and O–H groups in total. The van der Waals surface area contributed by atoms with E-state index in [9.17, 15) is 9.59 Å². The molecule has 4 rings (SSSR count). The van der Waals surface area contributed by atoms with Gasteiger partial charge < -0.3 is 19.7 Å². The van der Waals surface area contributed by atoms with E-state index < -0.39 is 5.41 Å². The molecule has 30 heavy (non-hydrogen) atoms. The van der Waals surface area contributed by atoms with Gasteiger partial charge in [-0.1, -0.05) is 12.1 Å². The first-order valence-electron chi connectivity index (χ1n) is 10.4. The Bertz CT molecular complexity index is 1090. The maximum absolute atomic E-state index is 13.1. The molecule has 2 amide bonds. The molecule has 0 saturated carbocycles. The number of carbonyl (C=O) groups is 2. The van der Waals surface area contributed by atoms with E-state index in [1.54, 1.807) is 11.0 Å². The molecule has 1 atom stereocenters. The molecule has 0 aliphatic carbocycles. The number of imidazole rings is 1. The number of amides is 2. The van der Waals surface area contributed by atoms with Gasteiger partial charge in [0, 0.05) is 24.7 Å². The van der Waals surface area contributed by atoms with Gasteiger partial charge in [-0.3, -0.25) is 9.59 Å². The van der Waals surface area contributed by atoms with Gasteiger partial charge in [0.2, 0.25) is 5.91 Å². The van der Waals surface area contributed by atoms with Crippen molar-refractivity contribution in [3.63, 3.8) is 0 Å². The maximum atomic E-state index is 13.1. The minimum atomic E-state index is -0.643. The van der Waals surface area contributed by atoms with Crippen LogP contribution in [-0.2, 0) is 17.8 Å². The number of nitrogens with one attached hydrogen (secondary N) is 2. The van der Waals surface area contributed by atoms with Crippen LogP contribution in [-0.4, -0.2) is 44.9 Å². The minimum Gasteiger partial charge on any atom is -0.359 e. The van der Waals surface area contributed by atoms with Crippen molar-refractivity contribution in [3.8, 4) is 0 Å². The van der Waals surface area contributed by atoms with Crippen LogP contribution < -0.4 is 5.32 Å². The zero-order valence-corrected chi connectivity index (χ0v) is 17.6. The van der Waals surface area contributed by atoms with Gasteiger partial charge >= 0.3 is 0 Å². The number of benzene rings is 1. The maximum Gasteiger partial charge on any atom is 0.253 e. The Hall–Kier alpha value is -3.16. The average molecular weight is 409 g/mol. The van der Waals surface area contributed by atoms with E-state index in [0.717, 1.165) is 41.8 Å². The normalized spacial score (nSPS) is 19.2. The smallest absolute Gasteiger partial charge is 0.253 e. The largest absolute Gasteiger partial charge is 0.359 e. The zero-order valence-electron chi connectivity index (χ0n) is 17.6. The van der Waals surface area contributed by atoms with Crippen LogP contribution in [0.4, 0.5) is 0 Å². The Morgan fingerprint density at radius 2 is 2.17 bits per heavy atom. The molecule has 8 nitrogen and oxygen atoms in total. The van der Waals surface area contributed by atoms with E-state index in [0.29, 0.717) is 31.0 Å². The lowest BCUT2D eigenvalue weighted by atomic mass is 9.80. The predicted octanol–water partition coefficient (Wildman–Crippen LogP) is 2.98. The lowest BCUT2D eigenvalue weighted by molar-refractivity contribution is -0.132. The molecule has 1 aliphatic rings. The van der Waals surface area contributed by atoms with Crippen molar-refractivity contribution in [2.75, 3.05) is 13.1 Å². The van der Waals surface area contributed by atoms with Crippen molar-refractivity contribution in [3.05, 3.63) is 47.1 Å². The first-order chi connectivity index (χ1) is 14.4. The highest BCUT2D eigenvalue weighted by atomic mass is 16.5. The van der Waals surface area contributed by atoms with Gasteiger partial charge in [-0.05, 0) is 51.3 Å². The number of piperidine rings is 1. The first-order valence-corrected chi connectivity index (χ1v) is 10.4.